The Morgan fingerprint density at radius 3 is 2.85 bits per heavy atom. The van der Waals surface area contributed by atoms with Crippen LogP contribution in [0.5, 0.6) is 0 Å². The van der Waals surface area contributed by atoms with Gasteiger partial charge in [0.05, 0.1) is 18.7 Å². The van der Waals surface area contributed by atoms with E-state index in [4.69, 9.17) is 4.42 Å². The topological polar surface area (TPSA) is 82.8 Å². The summed E-state index contributed by atoms with van der Waals surface area (Å²) in [6.07, 6.45) is 4.77. The van der Waals surface area contributed by atoms with Gasteiger partial charge in [0.2, 0.25) is 0 Å². The van der Waals surface area contributed by atoms with E-state index in [-0.39, 0.29) is 12.1 Å². The summed E-state index contributed by atoms with van der Waals surface area (Å²) in [6, 6.07) is 3.01. The smallest absolute Gasteiger partial charge is 0.317 e. The van der Waals surface area contributed by atoms with Crippen molar-refractivity contribution in [1.29, 1.82) is 0 Å². The van der Waals surface area contributed by atoms with Crippen molar-refractivity contribution in [2.45, 2.75) is 38.3 Å². The average Bonchev–Trinajstić information content (AvgIpc) is 2.91. The zero-order valence-corrected chi connectivity index (χ0v) is 11.5. The molecule has 1 aromatic heterocycles. The van der Waals surface area contributed by atoms with Gasteiger partial charge >= 0.3 is 12.0 Å². The van der Waals surface area contributed by atoms with Crippen LogP contribution in [0.4, 0.5) is 4.79 Å². The largest absolute Gasteiger partial charge is 0.481 e. The van der Waals surface area contributed by atoms with E-state index in [1.165, 1.54) is 4.90 Å². The van der Waals surface area contributed by atoms with E-state index < -0.39 is 11.9 Å². The zero-order valence-electron chi connectivity index (χ0n) is 11.5. The Balaban J connectivity index is 1.90. The van der Waals surface area contributed by atoms with Gasteiger partial charge in [-0.25, -0.2) is 4.79 Å². The van der Waals surface area contributed by atoms with Crippen LogP contribution in [-0.2, 0) is 11.3 Å². The molecule has 1 aliphatic carbocycles. The van der Waals surface area contributed by atoms with Crippen molar-refractivity contribution in [3.63, 3.8) is 0 Å². The molecule has 2 atom stereocenters. The van der Waals surface area contributed by atoms with Crippen molar-refractivity contribution in [3.8, 4) is 0 Å². The maximum absolute atomic E-state index is 12.1. The third-order valence-electron chi connectivity index (χ3n) is 3.71. The Bertz CT molecular complexity index is 458. The fourth-order valence-corrected chi connectivity index (χ4v) is 2.58. The van der Waals surface area contributed by atoms with Crippen molar-refractivity contribution in [2.75, 3.05) is 7.05 Å². The first-order valence-electron chi connectivity index (χ1n) is 6.84. The molecule has 0 radical (unpaired) electrons. The third-order valence-corrected chi connectivity index (χ3v) is 3.71. The molecule has 0 saturated heterocycles. The van der Waals surface area contributed by atoms with Gasteiger partial charge in [-0.05, 0) is 25.0 Å². The second-order valence-electron chi connectivity index (χ2n) is 5.22. The Morgan fingerprint density at radius 1 is 1.45 bits per heavy atom. The van der Waals surface area contributed by atoms with E-state index in [2.05, 4.69) is 5.32 Å². The molecule has 2 unspecified atom stereocenters. The summed E-state index contributed by atoms with van der Waals surface area (Å²) >= 11 is 0. The summed E-state index contributed by atoms with van der Waals surface area (Å²) in [6.45, 7) is 0.364. The third kappa shape index (κ3) is 3.53. The fourth-order valence-electron chi connectivity index (χ4n) is 2.58. The number of nitrogens with zero attached hydrogens (tertiary/aromatic N) is 1. The molecule has 0 spiro atoms. The molecule has 110 valence electrons. The van der Waals surface area contributed by atoms with Gasteiger partial charge in [0.1, 0.15) is 5.76 Å². The Labute approximate surface area is 117 Å². The molecule has 6 nitrogen and oxygen atoms in total. The molecule has 1 aliphatic rings. The predicted octanol–water partition coefficient (Wildman–Crippen LogP) is 2.06. The lowest BCUT2D eigenvalue weighted by Gasteiger charge is -2.30. The van der Waals surface area contributed by atoms with E-state index in [9.17, 15) is 14.7 Å². The van der Waals surface area contributed by atoms with E-state index in [0.29, 0.717) is 18.7 Å². The highest BCUT2D eigenvalue weighted by Crippen LogP contribution is 2.24. The Hall–Kier alpha value is -1.98. The highest BCUT2D eigenvalue weighted by Gasteiger charge is 2.32. The molecule has 6 heteroatoms. The number of amides is 2. The number of aliphatic carboxylic acids is 1. The second kappa shape index (κ2) is 6.45. The monoisotopic (exact) mass is 280 g/mol. The molecule has 0 bridgehead atoms. The van der Waals surface area contributed by atoms with Gasteiger partial charge in [-0.1, -0.05) is 12.8 Å². The van der Waals surface area contributed by atoms with Gasteiger partial charge in [-0.15, -0.1) is 0 Å². The van der Waals surface area contributed by atoms with Gasteiger partial charge in [-0.2, -0.15) is 0 Å². The molecule has 1 aromatic rings. The van der Waals surface area contributed by atoms with Crippen molar-refractivity contribution in [1.82, 2.24) is 10.2 Å². The number of furan rings is 1. The van der Waals surface area contributed by atoms with Crippen LogP contribution in [0.1, 0.15) is 31.4 Å². The number of nitrogens with one attached hydrogen (secondary N) is 1. The number of urea groups is 1. The van der Waals surface area contributed by atoms with Gasteiger partial charge in [0.25, 0.3) is 0 Å². The maximum atomic E-state index is 12.1. The Morgan fingerprint density at radius 2 is 2.20 bits per heavy atom. The lowest BCUT2D eigenvalue weighted by molar-refractivity contribution is -0.143. The van der Waals surface area contributed by atoms with Crippen LogP contribution in [0, 0.1) is 5.92 Å². The first-order valence-corrected chi connectivity index (χ1v) is 6.84. The lowest BCUT2D eigenvalue weighted by atomic mass is 9.84. The minimum absolute atomic E-state index is 0.264. The van der Waals surface area contributed by atoms with E-state index in [1.807, 2.05) is 0 Å². The summed E-state index contributed by atoms with van der Waals surface area (Å²) in [5.41, 5.74) is 0. The number of carboxylic acid groups (broad SMARTS) is 1. The zero-order chi connectivity index (χ0) is 14.5. The SMILES string of the molecule is CN(Cc1ccco1)C(=O)NC1CCCCC1C(=O)O. The molecular formula is C14H20N2O4. The molecular weight excluding hydrogens is 260 g/mol. The van der Waals surface area contributed by atoms with Crippen LogP contribution < -0.4 is 5.32 Å². The predicted molar refractivity (Wildman–Crippen MR) is 72.1 cm³/mol. The number of rotatable bonds is 4. The molecule has 1 saturated carbocycles. The van der Waals surface area contributed by atoms with E-state index in [1.54, 1.807) is 25.4 Å². The normalized spacial score (nSPS) is 22.2. The molecule has 2 amide bonds. The number of carboxylic acids is 1. The summed E-state index contributed by atoms with van der Waals surface area (Å²) in [5.74, 6) is -0.616. The number of carbonyl (C=O) groups excluding carboxylic acids is 1. The Kier molecular flexibility index (Phi) is 4.65. The molecule has 2 rings (SSSR count). The second-order valence-corrected chi connectivity index (χ2v) is 5.22. The summed E-state index contributed by atoms with van der Waals surface area (Å²) in [4.78, 5) is 24.8. The molecule has 20 heavy (non-hydrogen) atoms. The van der Waals surface area contributed by atoms with Crippen molar-refractivity contribution < 1.29 is 19.1 Å². The number of hydrogen-bond acceptors (Lipinski definition) is 3. The first-order chi connectivity index (χ1) is 9.58. The van der Waals surface area contributed by atoms with Crippen LogP contribution in [0.25, 0.3) is 0 Å². The van der Waals surface area contributed by atoms with Gasteiger partial charge in [-0.3, -0.25) is 4.79 Å². The van der Waals surface area contributed by atoms with Gasteiger partial charge in [0.15, 0.2) is 0 Å². The van der Waals surface area contributed by atoms with Crippen LogP contribution in [0.3, 0.4) is 0 Å². The van der Waals surface area contributed by atoms with E-state index >= 15 is 0 Å². The average molecular weight is 280 g/mol. The first kappa shape index (κ1) is 14.4. The summed E-state index contributed by atoms with van der Waals surface area (Å²) in [5, 5.41) is 12.0. The van der Waals surface area contributed by atoms with Crippen LogP contribution in [0.2, 0.25) is 0 Å². The van der Waals surface area contributed by atoms with Crippen molar-refractivity contribution >= 4 is 12.0 Å². The minimum atomic E-state index is -0.830. The quantitative estimate of drug-likeness (QED) is 0.884. The molecule has 0 aromatic carbocycles. The van der Waals surface area contributed by atoms with Crippen LogP contribution in [-0.4, -0.2) is 35.1 Å². The highest BCUT2D eigenvalue weighted by atomic mass is 16.4. The summed E-state index contributed by atoms with van der Waals surface area (Å²) in [7, 11) is 1.66. The number of hydrogen-bond donors (Lipinski definition) is 2. The standard InChI is InChI=1S/C14H20N2O4/c1-16(9-10-5-4-8-20-10)14(19)15-12-7-3-2-6-11(12)13(17)18/h4-5,8,11-12H,2-3,6-7,9H2,1H3,(H,15,19)(H,17,18). The van der Waals surface area contributed by atoms with Gasteiger partial charge < -0.3 is 19.7 Å². The fraction of sp³-hybridized carbons (Fsp3) is 0.571. The lowest BCUT2D eigenvalue weighted by Crippen LogP contribution is -2.49. The van der Waals surface area contributed by atoms with Crippen LogP contribution >= 0.6 is 0 Å². The molecule has 1 heterocycles. The minimum Gasteiger partial charge on any atom is -0.481 e. The van der Waals surface area contributed by atoms with E-state index in [0.717, 1.165) is 19.3 Å². The molecule has 0 aliphatic heterocycles. The molecule has 1 fully saturated rings. The maximum Gasteiger partial charge on any atom is 0.317 e. The van der Waals surface area contributed by atoms with Gasteiger partial charge in [0, 0.05) is 13.1 Å². The highest BCUT2D eigenvalue weighted by molar-refractivity contribution is 5.76. The number of carbonyl (C=O) groups is 2. The van der Waals surface area contributed by atoms with Crippen molar-refractivity contribution in [3.05, 3.63) is 24.2 Å². The van der Waals surface area contributed by atoms with Crippen LogP contribution in [0.15, 0.2) is 22.8 Å². The summed E-state index contributed by atoms with van der Waals surface area (Å²) < 4.78 is 5.19. The molecule has 2 N–H and O–H groups in total. The van der Waals surface area contributed by atoms with Crippen molar-refractivity contribution in [2.24, 2.45) is 5.92 Å².